The van der Waals surface area contributed by atoms with E-state index in [4.69, 9.17) is 13.9 Å². The molecule has 0 bridgehead atoms. The molecule has 1 aromatic carbocycles. The van der Waals surface area contributed by atoms with Crippen molar-refractivity contribution >= 4 is 0 Å². The number of oxazole rings is 1. The Balaban J connectivity index is 2.01. The highest BCUT2D eigenvalue weighted by atomic mass is 16.5. The molecule has 1 aliphatic rings. The van der Waals surface area contributed by atoms with Crippen molar-refractivity contribution in [1.29, 1.82) is 0 Å². The first-order valence-corrected chi connectivity index (χ1v) is 5.22. The molecule has 0 amide bonds. The molecule has 0 unspecified atom stereocenters. The third-order valence-electron chi connectivity index (χ3n) is 2.48. The first-order chi connectivity index (χ1) is 7.93. The fourth-order valence-electron chi connectivity index (χ4n) is 1.68. The quantitative estimate of drug-likeness (QED) is 0.736. The van der Waals surface area contributed by atoms with E-state index in [9.17, 15) is 0 Å². The van der Waals surface area contributed by atoms with Gasteiger partial charge < -0.3 is 13.9 Å². The number of nitrogens with zero attached hydrogens (tertiary/aromatic N) is 1. The molecule has 0 N–H and O–H groups in total. The van der Waals surface area contributed by atoms with Gasteiger partial charge in [-0.15, -0.1) is 0 Å². The van der Waals surface area contributed by atoms with Gasteiger partial charge in [0.15, 0.2) is 17.9 Å². The van der Waals surface area contributed by atoms with Gasteiger partial charge in [0, 0.05) is 12.0 Å². The summed E-state index contributed by atoms with van der Waals surface area (Å²) in [6, 6.07) is 5.79. The molecule has 0 saturated carbocycles. The zero-order chi connectivity index (χ0) is 10.8. The predicted octanol–water partition coefficient (Wildman–Crippen LogP) is 2.50. The topological polar surface area (TPSA) is 44.5 Å². The highest BCUT2D eigenvalue weighted by molar-refractivity contribution is 5.63. The first-order valence-electron chi connectivity index (χ1n) is 5.22. The van der Waals surface area contributed by atoms with E-state index in [-0.39, 0.29) is 0 Å². The number of aromatic nitrogens is 1. The van der Waals surface area contributed by atoms with Gasteiger partial charge in [0.1, 0.15) is 12.0 Å². The van der Waals surface area contributed by atoms with Crippen molar-refractivity contribution in [1.82, 2.24) is 4.98 Å². The van der Waals surface area contributed by atoms with Crippen molar-refractivity contribution in [2.75, 3.05) is 13.2 Å². The van der Waals surface area contributed by atoms with Gasteiger partial charge in [-0.3, -0.25) is 0 Å². The highest BCUT2D eigenvalue weighted by Gasteiger charge is 2.12. The normalized spacial score (nSPS) is 14.5. The highest BCUT2D eigenvalue weighted by Crippen LogP contribution is 2.33. The van der Waals surface area contributed by atoms with Gasteiger partial charge in [-0.05, 0) is 18.2 Å². The van der Waals surface area contributed by atoms with E-state index in [1.807, 2.05) is 18.2 Å². The smallest absolute Gasteiger partial charge is 0.181 e. The molecule has 1 aromatic heterocycles. The van der Waals surface area contributed by atoms with E-state index in [0.717, 1.165) is 29.2 Å². The minimum Gasteiger partial charge on any atom is -0.490 e. The zero-order valence-electron chi connectivity index (χ0n) is 8.68. The van der Waals surface area contributed by atoms with Crippen LogP contribution in [0.15, 0.2) is 35.3 Å². The summed E-state index contributed by atoms with van der Waals surface area (Å²) in [5.41, 5.74) is 1.77. The van der Waals surface area contributed by atoms with Crippen LogP contribution in [0.5, 0.6) is 11.5 Å². The van der Waals surface area contributed by atoms with Gasteiger partial charge in [0.05, 0.1) is 13.2 Å². The van der Waals surface area contributed by atoms with Gasteiger partial charge in [-0.1, -0.05) is 0 Å². The van der Waals surface area contributed by atoms with E-state index in [0.29, 0.717) is 13.2 Å². The lowest BCUT2D eigenvalue weighted by atomic mass is 10.1. The van der Waals surface area contributed by atoms with Gasteiger partial charge in [-0.25, -0.2) is 4.98 Å². The maximum absolute atomic E-state index is 5.60. The molecule has 0 aliphatic carbocycles. The van der Waals surface area contributed by atoms with Crippen LogP contribution in [0.2, 0.25) is 0 Å². The number of rotatable bonds is 1. The minimum absolute atomic E-state index is 0.690. The molecule has 2 heterocycles. The molecule has 16 heavy (non-hydrogen) atoms. The Hall–Kier alpha value is -1.97. The molecular formula is C12H11NO3. The summed E-state index contributed by atoms with van der Waals surface area (Å²) < 4.78 is 16.1. The Morgan fingerprint density at radius 3 is 2.75 bits per heavy atom. The molecule has 3 rings (SSSR count). The molecule has 1 aliphatic heterocycles. The van der Waals surface area contributed by atoms with E-state index in [2.05, 4.69) is 4.98 Å². The SMILES string of the molecule is c1nc(-c2ccc3c(c2)OCCCO3)co1. The lowest BCUT2D eigenvalue weighted by Crippen LogP contribution is -1.97. The fraction of sp³-hybridized carbons (Fsp3) is 0.250. The lowest BCUT2D eigenvalue weighted by molar-refractivity contribution is 0.297. The molecule has 4 heteroatoms. The molecule has 0 saturated heterocycles. The van der Waals surface area contributed by atoms with E-state index >= 15 is 0 Å². The molecular weight excluding hydrogens is 206 g/mol. The summed E-state index contributed by atoms with van der Waals surface area (Å²) in [5, 5.41) is 0. The van der Waals surface area contributed by atoms with Gasteiger partial charge in [0.2, 0.25) is 0 Å². The lowest BCUT2D eigenvalue weighted by Gasteiger charge is -2.07. The molecule has 0 spiro atoms. The van der Waals surface area contributed by atoms with Crippen LogP contribution in [0.1, 0.15) is 6.42 Å². The summed E-state index contributed by atoms with van der Waals surface area (Å²) in [4.78, 5) is 4.10. The maximum atomic E-state index is 5.60. The first kappa shape index (κ1) is 9.27. The monoisotopic (exact) mass is 217 g/mol. The van der Waals surface area contributed by atoms with Gasteiger partial charge in [-0.2, -0.15) is 0 Å². The van der Waals surface area contributed by atoms with Crippen LogP contribution in [0.4, 0.5) is 0 Å². The van der Waals surface area contributed by atoms with Crippen molar-refractivity contribution in [2.45, 2.75) is 6.42 Å². The Bertz CT molecular complexity index is 479. The number of hydrogen-bond acceptors (Lipinski definition) is 4. The van der Waals surface area contributed by atoms with Crippen LogP contribution in [0.3, 0.4) is 0 Å². The number of ether oxygens (including phenoxy) is 2. The molecule has 2 aromatic rings. The standard InChI is InChI=1S/C12H11NO3/c1-4-15-11-3-2-9(6-12(11)16-5-1)10-7-14-8-13-10/h2-3,6-8H,1,4-5H2. The van der Waals surface area contributed by atoms with Crippen molar-refractivity contribution in [3.05, 3.63) is 30.9 Å². The number of hydrogen-bond donors (Lipinski definition) is 0. The van der Waals surface area contributed by atoms with E-state index in [1.54, 1.807) is 6.26 Å². The van der Waals surface area contributed by atoms with Crippen LogP contribution < -0.4 is 9.47 Å². The number of fused-ring (bicyclic) bond motifs is 1. The Kier molecular flexibility index (Phi) is 2.25. The molecule has 0 atom stereocenters. The van der Waals surface area contributed by atoms with Crippen LogP contribution in [-0.4, -0.2) is 18.2 Å². The average Bonchev–Trinajstić information content (AvgIpc) is 2.74. The molecule has 82 valence electrons. The molecule has 0 fully saturated rings. The second kappa shape index (κ2) is 3.89. The van der Waals surface area contributed by atoms with Crippen LogP contribution in [0.25, 0.3) is 11.3 Å². The summed E-state index contributed by atoms with van der Waals surface area (Å²) in [7, 11) is 0. The zero-order valence-corrected chi connectivity index (χ0v) is 8.68. The van der Waals surface area contributed by atoms with Crippen molar-refractivity contribution in [2.24, 2.45) is 0 Å². The Labute approximate surface area is 92.8 Å². The predicted molar refractivity (Wildman–Crippen MR) is 57.5 cm³/mol. The summed E-state index contributed by atoms with van der Waals surface area (Å²) in [5.74, 6) is 1.57. The molecule has 0 radical (unpaired) electrons. The Morgan fingerprint density at radius 1 is 1.06 bits per heavy atom. The van der Waals surface area contributed by atoms with E-state index < -0.39 is 0 Å². The third-order valence-corrected chi connectivity index (χ3v) is 2.48. The summed E-state index contributed by atoms with van der Waals surface area (Å²) in [6.07, 6.45) is 3.94. The summed E-state index contributed by atoms with van der Waals surface area (Å²) in [6.45, 7) is 1.39. The van der Waals surface area contributed by atoms with Crippen molar-refractivity contribution < 1.29 is 13.9 Å². The largest absolute Gasteiger partial charge is 0.490 e. The van der Waals surface area contributed by atoms with Crippen molar-refractivity contribution in [3.63, 3.8) is 0 Å². The van der Waals surface area contributed by atoms with Crippen molar-refractivity contribution in [3.8, 4) is 22.8 Å². The van der Waals surface area contributed by atoms with Gasteiger partial charge >= 0.3 is 0 Å². The van der Waals surface area contributed by atoms with Crippen LogP contribution in [0, 0.1) is 0 Å². The second-order valence-corrected chi connectivity index (χ2v) is 3.59. The average molecular weight is 217 g/mol. The molecule has 4 nitrogen and oxygen atoms in total. The minimum atomic E-state index is 0.690. The second-order valence-electron chi connectivity index (χ2n) is 3.59. The van der Waals surface area contributed by atoms with Gasteiger partial charge in [0.25, 0.3) is 0 Å². The summed E-state index contributed by atoms with van der Waals surface area (Å²) >= 11 is 0. The maximum Gasteiger partial charge on any atom is 0.181 e. The van der Waals surface area contributed by atoms with Crippen LogP contribution in [-0.2, 0) is 0 Å². The van der Waals surface area contributed by atoms with E-state index in [1.165, 1.54) is 6.39 Å². The fourth-order valence-corrected chi connectivity index (χ4v) is 1.68. The third kappa shape index (κ3) is 1.62. The number of benzene rings is 1. The Morgan fingerprint density at radius 2 is 1.94 bits per heavy atom. The van der Waals surface area contributed by atoms with Crippen LogP contribution >= 0.6 is 0 Å².